The molecule has 0 aliphatic rings. The van der Waals surface area contributed by atoms with Crippen LogP contribution in [0.3, 0.4) is 0 Å². The summed E-state index contributed by atoms with van der Waals surface area (Å²) in [6, 6.07) is 26.0. The molecule has 0 spiro atoms. The fraction of sp³-hybridized carbons (Fsp3) is 0.231. The molecule has 4 rings (SSSR count). The Bertz CT molecular complexity index is 1110. The first-order valence-corrected chi connectivity index (χ1v) is 9.80. The van der Waals surface area contributed by atoms with E-state index in [2.05, 4.69) is 67.6 Å². The smallest absolute Gasteiger partial charge is 0.119 e. The Morgan fingerprint density at radius 1 is 0.643 bits per heavy atom. The summed E-state index contributed by atoms with van der Waals surface area (Å²) in [5.41, 5.74) is 2.78. The van der Waals surface area contributed by atoms with Crippen LogP contribution in [0.1, 0.15) is 30.4 Å². The standard InChI is InChI=1S/C26H26O2/c1-18(20-8-9-24-17-26(28-3)13-11-22(24)15-20)4-5-19-6-7-23-16-25(27-2)12-10-21(23)14-19/h6-18H,4-5H2,1-3H3. The van der Waals surface area contributed by atoms with E-state index < -0.39 is 0 Å². The quantitative estimate of drug-likeness (QED) is 0.374. The SMILES string of the molecule is COc1ccc2cc(CCC(C)c3ccc4cc(OC)ccc4c3)ccc2c1. The largest absolute Gasteiger partial charge is 0.497 e. The highest BCUT2D eigenvalue weighted by Gasteiger charge is 2.08. The molecule has 1 unspecified atom stereocenters. The monoisotopic (exact) mass is 370 g/mol. The minimum Gasteiger partial charge on any atom is -0.497 e. The lowest BCUT2D eigenvalue weighted by molar-refractivity contribution is 0.415. The predicted octanol–water partition coefficient (Wildman–Crippen LogP) is 6.75. The fourth-order valence-electron chi connectivity index (χ4n) is 3.78. The lowest BCUT2D eigenvalue weighted by atomic mass is 9.92. The molecule has 0 aliphatic carbocycles. The van der Waals surface area contributed by atoms with Crippen molar-refractivity contribution < 1.29 is 9.47 Å². The van der Waals surface area contributed by atoms with Gasteiger partial charge >= 0.3 is 0 Å². The molecule has 4 aromatic rings. The Morgan fingerprint density at radius 2 is 1.18 bits per heavy atom. The first-order chi connectivity index (χ1) is 13.7. The summed E-state index contributed by atoms with van der Waals surface area (Å²) in [6.07, 6.45) is 2.20. The molecule has 28 heavy (non-hydrogen) atoms. The first-order valence-electron chi connectivity index (χ1n) is 9.80. The van der Waals surface area contributed by atoms with Gasteiger partial charge in [0.15, 0.2) is 0 Å². The molecule has 0 amide bonds. The minimum absolute atomic E-state index is 0.512. The normalized spacial score (nSPS) is 12.2. The van der Waals surface area contributed by atoms with Crippen LogP contribution in [0.2, 0.25) is 0 Å². The molecule has 142 valence electrons. The number of fused-ring (bicyclic) bond motifs is 2. The first kappa shape index (κ1) is 18.4. The molecular formula is C26H26O2. The van der Waals surface area contributed by atoms with Crippen LogP contribution >= 0.6 is 0 Å². The van der Waals surface area contributed by atoms with Gasteiger partial charge in [-0.05, 0) is 75.7 Å². The summed E-state index contributed by atoms with van der Waals surface area (Å²) in [6.45, 7) is 2.32. The Kier molecular flexibility index (Phi) is 5.21. The second kappa shape index (κ2) is 7.93. The minimum atomic E-state index is 0.512. The van der Waals surface area contributed by atoms with Gasteiger partial charge in [-0.1, -0.05) is 55.5 Å². The lowest BCUT2D eigenvalue weighted by Crippen LogP contribution is -1.97. The maximum Gasteiger partial charge on any atom is 0.119 e. The molecule has 0 saturated heterocycles. The molecule has 0 fully saturated rings. The summed E-state index contributed by atoms with van der Waals surface area (Å²) in [5, 5.41) is 4.98. The summed E-state index contributed by atoms with van der Waals surface area (Å²) in [7, 11) is 3.42. The van der Waals surface area contributed by atoms with Crippen molar-refractivity contribution in [1.29, 1.82) is 0 Å². The van der Waals surface area contributed by atoms with Gasteiger partial charge in [0.25, 0.3) is 0 Å². The molecule has 4 aromatic carbocycles. The second-order valence-corrected chi connectivity index (χ2v) is 7.46. The molecule has 0 aromatic heterocycles. The van der Waals surface area contributed by atoms with Gasteiger partial charge < -0.3 is 9.47 Å². The Hall–Kier alpha value is -3.00. The fourth-order valence-corrected chi connectivity index (χ4v) is 3.78. The number of aryl methyl sites for hydroxylation is 1. The van der Waals surface area contributed by atoms with Crippen molar-refractivity contribution in [2.45, 2.75) is 25.7 Å². The van der Waals surface area contributed by atoms with E-state index in [-0.39, 0.29) is 0 Å². The van der Waals surface area contributed by atoms with Gasteiger partial charge in [0.1, 0.15) is 11.5 Å². The average molecular weight is 370 g/mol. The number of ether oxygens (including phenoxy) is 2. The molecule has 2 heteroatoms. The summed E-state index contributed by atoms with van der Waals surface area (Å²) in [4.78, 5) is 0. The lowest BCUT2D eigenvalue weighted by Gasteiger charge is -2.14. The third-order valence-corrected chi connectivity index (χ3v) is 5.62. The molecule has 0 bridgehead atoms. The molecular weight excluding hydrogens is 344 g/mol. The van der Waals surface area contributed by atoms with E-state index in [1.54, 1.807) is 14.2 Å². The summed E-state index contributed by atoms with van der Waals surface area (Å²) >= 11 is 0. The van der Waals surface area contributed by atoms with Gasteiger partial charge in [-0.2, -0.15) is 0 Å². The summed E-state index contributed by atoms with van der Waals surface area (Å²) in [5.74, 6) is 2.32. The maximum absolute atomic E-state index is 5.32. The van der Waals surface area contributed by atoms with E-state index in [0.717, 1.165) is 24.3 Å². The van der Waals surface area contributed by atoms with Gasteiger partial charge in [-0.15, -0.1) is 0 Å². The third-order valence-electron chi connectivity index (χ3n) is 5.62. The van der Waals surface area contributed by atoms with E-state index >= 15 is 0 Å². The number of hydrogen-bond acceptors (Lipinski definition) is 2. The van der Waals surface area contributed by atoms with Crippen molar-refractivity contribution in [3.05, 3.63) is 83.9 Å². The van der Waals surface area contributed by atoms with Gasteiger partial charge in [0, 0.05) is 0 Å². The Labute approximate surface area is 166 Å². The van der Waals surface area contributed by atoms with E-state index in [1.807, 2.05) is 12.1 Å². The maximum atomic E-state index is 5.32. The van der Waals surface area contributed by atoms with E-state index in [4.69, 9.17) is 9.47 Å². The Balaban J connectivity index is 1.48. The van der Waals surface area contributed by atoms with Crippen molar-refractivity contribution >= 4 is 21.5 Å². The molecule has 1 atom stereocenters. The highest BCUT2D eigenvalue weighted by atomic mass is 16.5. The number of rotatable bonds is 6. The van der Waals surface area contributed by atoms with Gasteiger partial charge in [-0.25, -0.2) is 0 Å². The average Bonchev–Trinajstić information content (AvgIpc) is 2.76. The zero-order chi connectivity index (χ0) is 19.5. The summed E-state index contributed by atoms with van der Waals surface area (Å²) < 4.78 is 10.6. The van der Waals surface area contributed by atoms with Crippen molar-refractivity contribution in [1.82, 2.24) is 0 Å². The van der Waals surface area contributed by atoms with Gasteiger partial charge in [0.05, 0.1) is 14.2 Å². The second-order valence-electron chi connectivity index (χ2n) is 7.46. The number of methoxy groups -OCH3 is 2. The van der Waals surface area contributed by atoms with Gasteiger partial charge in [0.2, 0.25) is 0 Å². The number of benzene rings is 4. The van der Waals surface area contributed by atoms with Crippen LogP contribution in [0.15, 0.2) is 72.8 Å². The molecule has 2 nitrogen and oxygen atoms in total. The van der Waals surface area contributed by atoms with Crippen molar-refractivity contribution in [3.63, 3.8) is 0 Å². The van der Waals surface area contributed by atoms with Crippen LogP contribution in [-0.2, 0) is 6.42 Å². The highest BCUT2D eigenvalue weighted by Crippen LogP contribution is 2.28. The van der Waals surface area contributed by atoms with E-state index in [1.165, 1.54) is 32.7 Å². The van der Waals surface area contributed by atoms with E-state index in [0.29, 0.717) is 5.92 Å². The van der Waals surface area contributed by atoms with Crippen LogP contribution in [-0.4, -0.2) is 14.2 Å². The van der Waals surface area contributed by atoms with Gasteiger partial charge in [-0.3, -0.25) is 0 Å². The topological polar surface area (TPSA) is 18.5 Å². The zero-order valence-electron chi connectivity index (χ0n) is 16.7. The van der Waals surface area contributed by atoms with Crippen LogP contribution in [0, 0.1) is 0 Å². The number of hydrogen-bond donors (Lipinski definition) is 0. The molecule has 0 aliphatic heterocycles. The van der Waals surface area contributed by atoms with E-state index in [9.17, 15) is 0 Å². The third kappa shape index (κ3) is 3.82. The van der Waals surface area contributed by atoms with Crippen LogP contribution in [0.4, 0.5) is 0 Å². The van der Waals surface area contributed by atoms with Crippen LogP contribution in [0.25, 0.3) is 21.5 Å². The zero-order valence-corrected chi connectivity index (χ0v) is 16.7. The Morgan fingerprint density at radius 3 is 1.82 bits per heavy atom. The van der Waals surface area contributed by atoms with Crippen molar-refractivity contribution in [3.8, 4) is 11.5 Å². The highest BCUT2D eigenvalue weighted by molar-refractivity contribution is 5.85. The predicted molar refractivity (Wildman–Crippen MR) is 118 cm³/mol. The molecule has 0 heterocycles. The van der Waals surface area contributed by atoms with Crippen LogP contribution < -0.4 is 9.47 Å². The molecule has 0 radical (unpaired) electrons. The van der Waals surface area contributed by atoms with Crippen LogP contribution in [0.5, 0.6) is 11.5 Å². The van der Waals surface area contributed by atoms with Crippen molar-refractivity contribution in [2.24, 2.45) is 0 Å². The molecule has 0 N–H and O–H groups in total. The van der Waals surface area contributed by atoms with Crippen molar-refractivity contribution in [2.75, 3.05) is 14.2 Å². The molecule has 0 saturated carbocycles.